The van der Waals surface area contributed by atoms with Gasteiger partial charge in [0.05, 0.1) is 19.8 Å². The van der Waals surface area contributed by atoms with Gasteiger partial charge in [0.15, 0.2) is 6.29 Å². The first-order chi connectivity index (χ1) is 19.4. The number of piperazine rings is 1. The molecule has 2 aliphatic rings. The Kier molecular flexibility index (Phi) is 10.2. The number of amides is 4. The Morgan fingerprint density at radius 1 is 1.05 bits per heavy atom. The Labute approximate surface area is 232 Å². The van der Waals surface area contributed by atoms with Crippen molar-refractivity contribution in [2.75, 3.05) is 56.2 Å². The molecule has 3 N–H and O–H groups in total. The second-order valence-corrected chi connectivity index (χ2v) is 9.62. The van der Waals surface area contributed by atoms with E-state index in [2.05, 4.69) is 25.9 Å². The van der Waals surface area contributed by atoms with Crippen LogP contribution in [0.5, 0.6) is 0 Å². The lowest BCUT2D eigenvalue weighted by atomic mass is 10.1. The highest BCUT2D eigenvalue weighted by atomic mass is 16.5. The lowest BCUT2D eigenvalue weighted by Gasteiger charge is -2.36. The predicted molar refractivity (Wildman–Crippen MR) is 146 cm³/mol. The van der Waals surface area contributed by atoms with Gasteiger partial charge in [-0.15, -0.1) is 0 Å². The summed E-state index contributed by atoms with van der Waals surface area (Å²) in [4.78, 5) is 62.8. The number of carbonyl (C=O) groups excluding carboxylic acids is 5. The van der Waals surface area contributed by atoms with Crippen LogP contribution in [0.25, 0.3) is 0 Å². The zero-order valence-electron chi connectivity index (χ0n) is 22.3. The number of aldehydes is 1. The molecule has 214 valence electrons. The van der Waals surface area contributed by atoms with Crippen LogP contribution < -0.4 is 20.9 Å². The van der Waals surface area contributed by atoms with Gasteiger partial charge >= 0.3 is 0 Å². The zero-order valence-corrected chi connectivity index (χ0v) is 22.3. The van der Waals surface area contributed by atoms with Crippen LogP contribution in [0.1, 0.15) is 36.2 Å². The van der Waals surface area contributed by atoms with Crippen molar-refractivity contribution in [3.8, 4) is 0 Å². The molecule has 2 aliphatic heterocycles. The number of aromatic nitrogens is 2. The van der Waals surface area contributed by atoms with E-state index in [0.717, 1.165) is 17.7 Å². The first kappa shape index (κ1) is 28.7. The predicted octanol–water partition coefficient (Wildman–Crippen LogP) is 0.175. The van der Waals surface area contributed by atoms with E-state index in [-0.39, 0.29) is 36.5 Å². The molecule has 2 aromatic rings. The largest absolute Gasteiger partial charge is 0.378 e. The molecule has 13 heteroatoms. The SMILES string of the molecule is O=Cc1ccnn1CCOCCNC(=O)CCC(=O)N1CCN(c2ccc(NC3CCC(=O)NC3=O)cc2)CC1. The Morgan fingerprint density at radius 3 is 2.55 bits per heavy atom. The van der Waals surface area contributed by atoms with Gasteiger partial charge in [0.2, 0.25) is 23.6 Å². The van der Waals surface area contributed by atoms with Crippen molar-refractivity contribution >= 4 is 41.3 Å². The fourth-order valence-electron chi connectivity index (χ4n) is 4.63. The smallest absolute Gasteiger partial charge is 0.249 e. The fourth-order valence-corrected chi connectivity index (χ4v) is 4.63. The lowest BCUT2D eigenvalue weighted by Crippen LogP contribution is -2.49. The lowest BCUT2D eigenvalue weighted by molar-refractivity contribution is -0.134. The Balaban J connectivity index is 1.08. The summed E-state index contributed by atoms with van der Waals surface area (Å²) in [5.41, 5.74) is 2.31. The molecule has 0 bridgehead atoms. The first-order valence-electron chi connectivity index (χ1n) is 13.5. The molecule has 0 spiro atoms. The molecule has 0 aliphatic carbocycles. The van der Waals surface area contributed by atoms with Gasteiger partial charge in [-0.05, 0) is 36.8 Å². The molecule has 4 rings (SSSR count). The summed E-state index contributed by atoms with van der Waals surface area (Å²) in [5, 5.41) is 12.3. The third kappa shape index (κ3) is 8.12. The summed E-state index contributed by atoms with van der Waals surface area (Å²) in [7, 11) is 0. The minimum absolute atomic E-state index is 0.0416. The van der Waals surface area contributed by atoms with Crippen LogP contribution in [0.4, 0.5) is 11.4 Å². The summed E-state index contributed by atoms with van der Waals surface area (Å²) in [6, 6.07) is 8.95. The monoisotopic (exact) mass is 553 g/mol. The average Bonchev–Trinajstić information content (AvgIpc) is 3.43. The molecule has 3 heterocycles. The van der Waals surface area contributed by atoms with Gasteiger partial charge in [-0.25, -0.2) is 0 Å². The van der Waals surface area contributed by atoms with E-state index in [4.69, 9.17) is 4.74 Å². The number of hydrogen-bond donors (Lipinski definition) is 3. The van der Waals surface area contributed by atoms with Gasteiger partial charge in [-0.2, -0.15) is 5.10 Å². The van der Waals surface area contributed by atoms with Crippen molar-refractivity contribution < 1.29 is 28.7 Å². The number of imide groups is 1. The van der Waals surface area contributed by atoms with Crippen LogP contribution >= 0.6 is 0 Å². The number of ether oxygens (including phenoxy) is 1. The van der Waals surface area contributed by atoms with E-state index in [0.29, 0.717) is 71.0 Å². The average molecular weight is 554 g/mol. The molecule has 4 amide bonds. The molecule has 0 radical (unpaired) electrons. The maximum absolute atomic E-state index is 12.6. The van der Waals surface area contributed by atoms with Crippen molar-refractivity contribution in [1.29, 1.82) is 0 Å². The summed E-state index contributed by atoms with van der Waals surface area (Å²) in [6.45, 7) is 4.00. The van der Waals surface area contributed by atoms with E-state index >= 15 is 0 Å². The maximum Gasteiger partial charge on any atom is 0.249 e. The Hall–Kier alpha value is -4.26. The van der Waals surface area contributed by atoms with Gasteiger partial charge < -0.3 is 25.2 Å². The number of nitrogens with zero attached hydrogens (tertiary/aromatic N) is 4. The molecule has 1 aromatic carbocycles. The number of rotatable bonds is 13. The minimum Gasteiger partial charge on any atom is -0.378 e. The van der Waals surface area contributed by atoms with E-state index in [9.17, 15) is 24.0 Å². The van der Waals surface area contributed by atoms with E-state index in [1.54, 1.807) is 21.8 Å². The normalized spacial score (nSPS) is 17.4. The summed E-state index contributed by atoms with van der Waals surface area (Å²) < 4.78 is 7.02. The summed E-state index contributed by atoms with van der Waals surface area (Å²) >= 11 is 0. The molecular weight excluding hydrogens is 518 g/mol. The highest BCUT2D eigenvalue weighted by Crippen LogP contribution is 2.21. The van der Waals surface area contributed by atoms with Gasteiger partial charge in [-0.1, -0.05) is 0 Å². The highest BCUT2D eigenvalue weighted by molar-refractivity contribution is 6.01. The van der Waals surface area contributed by atoms with Crippen LogP contribution in [0, 0.1) is 0 Å². The molecule has 2 fully saturated rings. The maximum atomic E-state index is 12.6. The quantitative estimate of drug-likeness (QED) is 0.179. The summed E-state index contributed by atoms with van der Waals surface area (Å²) in [6.07, 6.45) is 3.36. The van der Waals surface area contributed by atoms with Gasteiger partial charge in [-0.3, -0.25) is 34.0 Å². The third-order valence-electron chi connectivity index (χ3n) is 6.90. The standard InChI is InChI=1S/C27H35N7O6/c35-19-22-9-10-29-34(22)16-18-40-17-11-28-24(36)7-8-26(38)33-14-12-32(13-15-33)21-3-1-20(2-4-21)30-23-5-6-25(37)31-27(23)39/h1-4,9-10,19,23,30H,5-8,11-18H2,(H,28,36)(H,31,37,39). The first-order valence-corrected chi connectivity index (χ1v) is 13.5. The van der Waals surface area contributed by atoms with Crippen molar-refractivity contribution in [2.24, 2.45) is 0 Å². The molecule has 13 nitrogen and oxygen atoms in total. The molecule has 1 unspecified atom stereocenters. The number of carbonyl (C=O) groups is 5. The van der Waals surface area contributed by atoms with Crippen LogP contribution in [0.15, 0.2) is 36.5 Å². The van der Waals surface area contributed by atoms with Crippen LogP contribution in [0.3, 0.4) is 0 Å². The number of hydrogen-bond acceptors (Lipinski definition) is 9. The number of benzene rings is 1. The van der Waals surface area contributed by atoms with Crippen LogP contribution in [-0.4, -0.2) is 96.6 Å². The van der Waals surface area contributed by atoms with Crippen LogP contribution in [-0.2, 0) is 30.5 Å². The van der Waals surface area contributed by atoms with Crippen LogP contribution in [0.2, 0.25) is 0 Å². The van der Waals surface area contributed by atoms with Gasteiger partial charge in [0.1, 0.15) is 11.7 Å². The van der Waals surface area contributed by atoms with E-state index in [1.165, 1.54) is 0 Å². The fraction of sp³-hybridized carbons (Fsp3) is 0.481. The number of anilines is 2. The Morgan fingerprint density at radius 2 is 1.82 bits per heavy atom. The highest BCUT2D eigenvalue weighted by Gasteiger charge is 2.26. The zero-order chi connectivity index (χ0) is 28.3. The molecule has 40 heavy (non-hydrogen) atoms. The second-order valence-electron chi connectivity index (χ2n) is 9.62. The van der Waals surface area contributed by atoms with Gasteiger partial charge in [0.25, 0.3) is 0 Å². The second kappa shape index (κ2) is 14.2. The number of nitrogens with one attached hydrogen (secondary N) is 3. The van der Waals surface area contributed by atoms with Crippen molar-refractivity contribution in [1.82, 2.24) is 25.3 Å². The van der Waals surface area contributed by atoms with Crippen molar-refractivity contribution in [3.63, 3.8) is 0 Å². The molecule has 1 aromatic heterocycles. The van der Waals surface area contributed by atoms with E-state index < -0.39 is 6.04 Å². The molecule has 2 saturated heterocycles. The van der Waals surface area contributed by atoms with Crippen molar-refractivity contribution in [2.45, 2.75) is 38.3 Å². The topological polar surface area (TPSA) is 155 Å². The molecule has 1 atom stereocenters. The number of piperidine rings is 1. The minimum atomic E-state index is -0.426. The summed E-state index contributed by atoms with van der Waals surface area (Å²) in [5.74, 6) is -0.784. The molecular formula is C27H35N7O6. The van der Waals surface area contributed by atoms with E-state index in [1.807, 2.05) is 24.3 Å². The van der Waals surface area contributed by atoms with Crippen molar-refractivity contribution in [3.05, 3.63) is 42.2 Å². The third-order valence-corrected chi connectivity index (χ3v) is 6.90. The van der Waals surface area contributed by atoms with Gasteiger partial charge in [0, 0.05) is 69.6 Å². The Bertz CT molecular complexity index is 1190. The molecule has 0 saturated carbocycles.